The summed E-state index contributed by atoms with van der Waals surface area (Å²) in [5.41, 5.74) is 2.22. The molecule has 1 heterocycles. The number of thiophene rings is 1. The topological polar surface area (TPSA) is 88.4 Å². The van der Waals surface area contributed by atoms with Gasteiger partial charge in [-0.3, -0.25) is 4.79 Å². The van der Waals surface area contributed by atoms with Gasteiger partial charge in [0, 0.05) is 15.5 Å². The average Bonchev–Trinajstić information content (AvgIpc) is 3.14. The van der Waals surface area contributed by atoms with Crippen molar-refractivity contribution in [3.8, 4) is 22.9 Å². The van der Waals surface area contributed by atoms with Crippen LogP contribution in [0.25, 0.3) is 17.2 Å². The number of nitriles is 1. The van der Waals surface area contributed by atoms with E-state index < -0.39 is 11.9 Å². The quantitative estimate of drug-likeness (QED) is 0.250. The van der Waals surface area contributed by atoms with E-state index in [9.17, 15) is 14.9 Å². The number of esters is 1. The molecular formula is C25H21ClN2O4S. The molecule has 6 nitrogen and oxygen atoms in total. The largest absolute Gasteiger partial charge is 0.494 e. The second-order valence-electron chi connectivity index (χ2n) is 6.86. The zero-order chi connectivity index (χ0) is 24.0. The summed E-state index contributed by atoms with van der Waals surface area (Å²) in [6.07, 6.45) is 1.46. The second kappa shape index (κ2) is 10.8. The first-order chi connectivity index (χ1) is 15.9. The molecule has 1 N–H and O–H groups in total. The van der Waals surface area contributed by atoms with Gasteiger partial charge < -0.3 is 14.8 Å². The lowest BCUT2D eigenvalue weighted by Gasteiger charge is -2.09. The number of ether oxygens (including phenoxy) is 2. The van der Waals surface area contributed by atoms with Crippen LogP contribution in [0.4, 0.5) is 5.00 Å². The van der Waals surface area contributed by atoms with Crippen LogP contribution in [0, 0.1) is 18.3 Å². The van der Waals surface area contributed by atoms with Crippen LogP contribution in [0.2, 0.25) is 5.02 Å². The van der Waals surface area contributed by atoms with Crippen LogP contribution in [0.1, 0.15) is 27.7 Å². The monoisotopic (exact) mass is 480 g/mol. The SMILES string of the molecule is CCOc1ccc(-c2c(C)sc(NC(=O)C(C#N)=Cc3ccc(Cl)cc3)c2C(=O)OC)cc1. The molecule has 0 fully saturated rings. The Morgan fingerprint density at radius 1 is 1.15 bits per heavy atom. The molecule has 0 saturated carbocycles. The number of methoxy groups -OCH3 is 1. The van der Waals surface area contributed by atoms with Crippen molar-refractivity contribution in [1.82, 2.24) is 0 Å². The highest BCUT2D eigenvalue weighted by atomic mass is 35.5. The first kappa shape index (κ1) is 24.1. The van der Waals surface area contributed by atoms with Gasteiger partial charge in [0.2, 0.25) is 0 Å². The number of hydrogen-bond donors (Lipinski definition) is 1. The van der Waals surface area contributed by atoms with Gasteiger partial charge in [-0.15, -0.1) is 11.3 Å². The van der Waals surface area contributed by atoms with Crippen molar-refractivity contribution in [1.29, 1.82) is 5.26 Å². The zero-order valence-electron chi connectivity index (χ0n) is 18.3. The van der Waals surface area contributed by atoms with E-state index >= 15 is 0 Å². The van der Waals surface area contributed by atoms with Crippen molar-refractivity contribution in [2.45, 2.75) is 13.8 Å². The van der Waals surface area contributed by atoms with E-state index in [0.717, 1.165) is 10.4 Å². The zero-order valence-corrected chi connectivity index (χ0v) is 19.8. The summed E-state index contributed by atoms with van der Waals surface area (Å²) in [5, 5.41) is 13.1. The third-order valence-corrected chi connectivity index (χ3v) is 5.97. The molecular weight excluding hydrogens is 460 g/mol. The fourth-order valence-electron chi connectivity index (χ4n) is 3.21. The molecule has 0 aliphatic carbocycles. The van der Waals surface area contributed by atoms with Gasteiger partial charge in [0.25, 0.3) is 5.91 Å². The van der Waals surface area contributed by atoms with Crippen LogP contribution in [0.15, 0.2) is 54.1 Å². The summed E-state index contributed by atoms with van der Waals surface area (Å²) in [6.45, 7) is 4.30. The molecule has 2 aromatic carbocycles. The van der Waals surface area contributed by atoms with Crippen molar-refractivity contribution in [3.05, 3.63) is 75.1 Å². The van der Waals surface area contributed by atoms with E-state index in [0.29, 0.717) is 33.5 Å². The molecule has 0 saturated heterocycles. The normalized spacial score (nSPS) is 10.9. The summed E-state index contributed by atoms with van der Waals surface area (Å²) in [5.74, 6) is -0.496. The highest BCUT2D eigenvalue weighted by Gasteiger charge is 2.26. The fourth-order valence-corrected chi connectivity index (χ4v) is 4.39. The minimum Gasteiger partial charge on any atom is -0.494 e. The highest BCUT2D eigenvalue weighted by molar-refractivity contribution is 7.17. The minimum absolute atomic E-state index is 0.109. The fraction of sp³-hybridized carbons (Fsp3) is 0.160. The summed E-state index contributed by atoms with van der Waals surface area (Å²) in [4.78, 5) is 26.3. The summed E-state index contributed by atoms with van der Waals surface area (Å²) < 4.78 is 10.5. The van der Waals surface area contributed by atoms with Gasteiger partial charge in [0.05, 0.1) is 13.7 Å². The van der Waals surface area contributed by atoms with Gasteiger partial charge in [0.15, 0.2) is 0 Å². The standard InChI is InChI=1S/C25H21ClN2O4S/c1-4-32-20-11-7-17(8-12-20)21-15(2)33-24(22(21)25(30)31-3)28-23(29)18(14-27)13-16-5-9-19(26)10-6-16/h5-13H,4H2,1-3H3,(H,28,29). The third kappa shape index (κ3) is 5.61. The van der Waals surface area contributed by atoms with Gasteiger partial charge in [-0.1, -0.05) is 35.9 Å². The Morgan fingerprint density at radius 3 is 2.39 bits per heavy atom. The van der Waals surface area contributed by atoms with Gasteiger partial charge in [-0.05, 0) is 55.3 Å². The molecule has 3 aromatic rings. The molecule has 0 atom stereocenters. The van der Waals surface area contributed by atoms with Crippen LogP contribution < -0.4 is 10.1 Å². The average molecular weight is 481 g/mol. The van der Waals surface area contributed by atoms with Crippen molar-refractivity contribution in [2.24, 2.45) is 0 Å². The number of benzene rings is 2. The summed E-state index contributed by atoms with van der Waals surface area (Å²) >= 11 is 7.13. The van der Waals surface area contributed by atoms with Gasteiger partial charge in [-0.25, -0.2) is 4.79 Å². The molecule has 1 amide bonds. The van der Waals surface area contributed by atoms with Gasteiger partial charge >= 0.3 is 5.97 Å². The molecule has 33 heavy (non-hydrogen) atoms. The van der Waals surface area contributed by atoms with E-state index in [1.807, 2.05) is 44.2 Å². The number of nitrogens with zero attached hydrogens (tertiary/aromatic N) is 1. The maximum Gasteiger partial charge on any atom is 0.341 e. The Kier molecular flexibility index (Phi) is 7.88. The van der Waals surface area contributed by atoms with Crippen molar-refractivity contribution in [2.75, 3.05) is 19.0 Å². The number of rotatable bonds is 7. The number of amides is 1. The van der Waals surface area contributed by atoms with E-state index in [1.54, 1.807) is 24.3 Å². The molecule has 0 spiro atoms. The van der Waals surface area contributed by atoms with Crippen LogP contribution in [-0.4, -0.2) is 25.6 Å². The number of carbonyl (C=O) groups excluding carboxylic acids is 2. The molecule has 3 rings (SSSR count). The Hall–Kier alpha value is -3.60. The molecule has 0 radical (unpaired) electrons. The summed E-state index contributed by atoms with van der Waals surface area (Å²) in [6, 6.07) is 16.0. The van der Waals surface area contributed by atoms with Gasteiger partial charge in [-0.2, -0.15) is 5.26 Å². The van der Waals surface area contributed by atoms with Crippen molar-refractivity contribution in [3.63, 3.8) is 0 Å². The van der Waals surface area contributed by atoms with E-state index in [4.69, 9.17) is 21.1 Å². The van der Waals surface area contributed by atoms with Crippen molar-refractivity contribution < 1.29 is 19.1 Å². The van der Waals surface area contributed by atoms with E-state index in [1.165, 1.54) is 24.5 Å². The van der Waals surface area contributed by atoms with E-state index in [2.05, 4.69) is 5.32 Å². The number of carbonyl (C=O) groups is 2. The van der Waals surface area contributed by atoms with Crippen LogP contribution >= 0.6 is 22.9 Å². The Bertz CT molecular complexity index is 1240. The second-order valence-corrected chi connectivity index (χ2v) is 8.52. The predicted molar refractivity (Wildman–Crippen MR) is 131 cm³/mol. The highest BCUT2D eigenvalue weighted by Crippen LogP contribution is 2.41. The summed E-state index contributed by atoms with van der Waals surface area (Å²) in [7, 11) is 1.28. The molecule has 1 aromatic heterocycles. The third-order valence-electron chi connectivity index (χ3n) is 4.70. The first-order valence-corrected chi connectivity index (χ1v) is 11.2. The van der Waals surface area contributed by atoms with Gasteiger partial charge in [0.1, 0.15) is 28.0 Å². The number of anilines is 1. The van der Waals surface area contributed by atoms with Crippen LogP contribution in [0.5, 0.6) is 5.75 Å². The van der Waals surface area contributed by atoms with Crippen molar-refractivity contribution >= 4 is 45.9 Å². The van der Waals surface area contributed by atoms with Crippen LogP contribution in [-0.2, 0) is 9.53 Å². The molecule has 0 unspecified atom stereocenters. The number of nitrogens with one attached hydrogen (secondary N) is 1. The molecule has 0 aliphatic rings. The minimum atomic E-state index is -0.628. The number of aryl methyl sites for hydroxylation is 1. The Balaban J connectivity index is 1.98. The van der Waals surface area contributed by atoms with Crippen LogP contribution in [0.3, 0.4) is 0 Å². The smallest absolute Gasteiger partial charge is 0.341 e. The molecule has 8 heteroatoms. The maximum atomic E-state index is 12.9. The predicted octanol–water partition coefficient (Wildman–Crippen LogP) is 6.11. The lowest BCUT2D eigenvalue weighted by molar-refractivity contribution is -0.112. The number of halogens is 1. The lowest BCUT2D eigenvalue weighted by Crippen LogP contribution is -2.15. The Morgan fingerprint density at radius 2 is 1.82 bits per heavy atom. The maximum absolute atomic E-state index is 12.9. The van der Waals surface area contributed by atoms with E-state index in [-0.39, 0.29) is 11.1 Å². The Labute approximate surface area is 201 Å². The first-order valence-electron chi connectivity index (χ1n) is 10.0. The molecule has 0 bridgehead atoms. The number of hydrogen-bond acceptors (Lipinski definition) is 6. The molecule has 168 valence electrons. The molecule has 0 aliphatic heterocycles. The lowest BCUT2D eigenvalue weighted by atomic mass is 10.0.